The summed E-state index contributed by atoms with van der Waals surface area (Å²) in [6.07, 6.45) is 0. The summed E-state index contributed by atoms with van der Waals surface area (Å²) in [6.45, 7) is 0. The van der Waals surface area contributed by atoms with Crippen molar-refractivity contribution in [2.24, 2.45) is 0 Å². The van der Waals surface area contributed by atoms with E-state index in [2.05, 4.69) is 15.4 Å². The summed E-state index contributed by atoms with van der Waals surface area (Å²) >= 11 is 6.96. The van der Waals surface area contributed by atoms with Gasteiger partial charge in [0.05, 0.1) is 12.8 Å². The van der Waals surface area contributed by atoms with Crippen molar-refractivity contribution in [3.8, 4) is 11.4 Å². The molecule has 0 unspecified atom stereocenters. The average Bonchev–Trinajstić information content (AvgIpc) is 3.26. The first-order valence-corrected chi connectivity index (χ1v) is 9.50. The molecule has 0 radical (unpaired) electrons. The van der Waals surface area contributed by atoms with Gasteiger partial charge in [0.2, 0.25) is 0 Å². The number of hydrogen-bond donors (Lipinski definition) is 2. The van der Waals surface area contributed by atoms with Crippen LogP contribution in [-0.2, 0) is 0 Å². The van der Waals surface area contributed by atoms with E-state index < -0.39 is 11.9 Å². The summed E-state index contributed by atoms with van der Waals surface area (Å²) in [7, 11) is 1.55. The highest BCUT2D eigenvalue weighted by atomic mass is 35.5. The second-order valence-corrected chi connectivity index (χ2v) is 7.34. The molecule has 4 rings (SSSR count). The Morgan fingerprint density at radius 1 is 1.21 bits per heavy atom. The highest BCUT2D eigenvalue weighted by molar-refractivity contribution is 7.22. The van der Waals surface area contributed by atoms with Crippen molar-refractivity contribution in [2.75, 3.05) is 12.4 Å². The molecule has 1 amide bonds. The van der Waals surface area contributed by atoms with E-state index in [4.69, 9.17) is 16.3 Å². The minimum absolute atomic E-state index is 0.142. The van der Waals surface area contributed by atoms with Gasteiger partial charge in [-0.25, -0.2) is 9.48 Å². The van der Waals surface area contributed by atoms with Gasteiger partial charge in [0.15, 0.2) is 16.5 Å². The van der Waals surface area contributed by atoms with E-state index in [1.54, 1.807) is 49.6 Å². The van der Waals surface area contributed by atoms with Gasteiger partial charge in [0.25, 0.3) is 5.91 Å². The third-order valence-corrected chi connectivity index (χ3v) is 5.25. The van der Waals surface area contributed by atoms with Crippen molar-refractivity contribution >= 4 is 50.3 Å². The third kappa shape index (κ3) is 3.65. The molecule has 29 heavy (non-hydrogen) atoms. The van der Waals surface area contributed by atoms with Crippen LogP contribution in [0.2, 0.25) is 5.02 Å². The van der Waals surface area contributed by atoms with Crippen molar-refractivity contribution in [1.82, 2.24) is 14.8 Å². The van der Waals surface area contributed by atoms with Crippen LogP contribution in [0.25, 0.3) is 16.0 Å². The maximum atomic E-state index is 12.5. The minimum atomic E-state index is -1.18. The van der Waals surface area contributed by atoms with Gasteiger partial charge in [0.1, 0.15) is 10.4 Å². The van der Waals surface area contributed by atoms with Crippen LogP contribution in [0, 0.1) is 0 Å². The average molecular weight is 429 g/mol. The number of ether oxygens (including phenoxy) is 1. The van der Waals surface area contributed by atoms with Crippen molar-refractivity contribution in [1.29, 1.82) is 0 Å². The van der Waals surface area contributed by atoms with E-state index in [0.717, 1.165) is 11.3 Å². The monoisotopic (exact) mass is 428 g/mol. The first kappa shape index (κ1) is 18.9. The number of rotatable bonds is 5. The van der Waals surface area contributed by atoms with Crippen LogP contribution in [0.4, 0.5) is 5.13 Å². The molecule has 146 valence electrons. The van der Waals surface area contributed by atoms with Crippen molar-refractivity contribution in [3.63, 3.8) is 0 Å². The Labute approximate surface area is 173 Å². The Morgan fingerprint density at radius 2 is 1.97 bits per heavy atom. The summed E-state index contributed by atoms with van der Waals surface area (Å²) in [5.74, 6) is -0.924. The molecule has 0 atom stereocenters. The van der Waals surface area contributed by atoms with E-state index in [-0.39, 0.29) is 10.8 Å². The largest absolute Gasteiger partial charge is 0.497 e. The van der Waals surface area contributed by atoms with Crippen LogP contribution in [0.5, 0.6) is 5.75 Å². The molecule has 0 aliphatic heterocycles. The zero-order valence-corrected chi connectivity index (χ0v) is 16.5. The van der Waals surface area contributed by atoms with Crippen molar-refractivity contribution < 1.29 is 19.4 Å². The number of halogens is 1. The van der Waals surface area contributed by atoms with Gasteiger partial charge in [-0.05, 0) is 42.5 Å². The van der Waals surface area contributed by atoms with Gasteiger partial charge >= 0.3 is 5.97 Å². The highest BCUT2D eigenvalue weighted by Gasteiger charge is 2.23. The lowest BCUT2D eigenvalue weighted by Crippen LogP contribution is -2.11. The quantitative estimate of drug-likeness (QED) is 0.495. The number of hydrogen-bond acceptors (Lipinski definition) is 6. The number of anilines is 1. The van der Waals surface area contributed by atoms with E-state index in [9.17, 15) is 14.7 Å². The third-order valence-electron chi connectivity index (χ3n) is 4.05. The SMILES string of the molecule is COc1ccc(-n2nc(C(=O)O)c3sc(NC(=O)c4cccc(Cl)c4)nc32)cc1. The van der Waals surface area contributed by atoms with Gasteiger partial charge in [0, 0.05) is 10.6 Å². The smallest absolute Gasteiger partial charge is 0.358 e. The maximum Gasteiger partial charge on any atom is 0.358 e. The van der Waals surface area contributed by atoms with Crippen molar-refractivity contribution in [2.45, 2.75) is 0 Å². The molecule has 0 aliphatic rings. The van der Waals surface area contributed by atoms with Gasteiger partial charge in [-0.15, -0.1) is 0 Å². The number of carboxylic acids is 1. The van der Waals surface area contributed by atoms with Gasteiger partial charge in [-0.1, -0.05) is 29.0 Å². The summed E-state index contributed by atoms with van der Waals surface area (Å²) in [6, 6.07) is 13.4. The summed E-state index contributed by atoms with van der Waals surface area (Å²) in [5, 5.41) is 17.0. The molecule has 0 saturated carbocycles. The topological polar surface area (TPSA) is 106 Å². The molecule has 2 heterocycles. The lowest BCUT2D eigenvalue weighted by Gasteiger charge is -2.04. The van der Waals surface area contributed by atoms with E-state index in [1.807, 2.05) is 0 Å². The number of aromatic carboxylic acids is 1. The maximum absolute atomic E-state index is 12.5. The zero-order chi connectivity index (χ0) is 20.5. The van der Waals surface area contributed by atoms with Crippen LogP contribution in [0.3, 0.4) is 0 Å². The Bertz CT molecular complexity index is 1230. The molecule has 2 N–H and O–H groups in total. The van der Waals surface area contributed by atoms with Gasteiger partial charge < -0.3 is 9.84 Å². The van der Waals surface area contributed by atoms with E-state index >= 15 is 0 Å². The standard InChI is InChI=1S/C19H13ClN4O4S/c1-28-13-7-5-12(6-8-13)24-16-15(14(23-24)18(26)27)29-19(21-16)22-17(25)10-3-2-4-11(20)9-10/h2-9H,1H3,(H,26,27)(H,21,22,25). The first-order valence-electron chi connectivity index (χ1n) is 8.30. The number of nitrogens with zero attached hydrogens (tertiary/aromatic N) is 3. The number of aromatic nitrogens is 3. The van der Waals surface area contributed by atoms with Crippen LogP contribution in [-0.4, -0.2) is 38.9 Å². The first-order chi connectivity index (χ1) is 14.0. The number of nitrogens with one attached hydrogen (secondary N) is 1. The lowest BCUT2D eigenvalue weighted by molar-refractivity contribution is 0.0692. The molecular formula is C19H13ClN4O4S. The predicted octanol–water partition coefficient (Wildman–Crippen LogP) is 4.09. The molecule has 0 aliphatic carbocycles. The fourth-order valence-electron chi connectivity index (χ4n) is 2.70. The Morgan fingerprint density at radius 3 is 2.62 bits per heavy atom. The Hall–Kier alpha value is -3.43. The number of fused-ring (bicyclic) bond motifs is 1. The van der Waals surface area contributed by atoms with Crippen LogP contribution >= 0.6 is 22.9 Å². The summed E-state index contributed by atoms with van der Waals surface area (Å²) in [4.78, 5) is 28.5. The fourth-order valence-corrected chi connectivity index (χ4v) is 3.81. The normalized spacial score (nSPS) is 10.8. The Balaban J connectivity index is 1.74. The molecule has 2 aromatic carbocycles. The molecule has 0 bridgehead atoms. The molecule has 2 aromatic heterocycles. The number of thiazole rings is 1. The Kier molecular flexibility index (Phi) is 4.91. The number of carbonyl (C=O) groups excluding carboxylic acids is 1. The highest BCUT2D eigenvalue weighted by Crippen LogP contribution is 2.31. The van der Waals surface area contributed by atoms with Crippen molar-refractivity contribution in [3.05, 3.63) is 64.8 Å². The van der Waals surface area contributed by atoms with Gasteiger partial charge in [-0.2, -0.15) is 10.1 Å². The molecule has 0 fully saturated rings. The lowest BCUT2D eigenvalue weighted by atomic mass is 10.2. The second-order valence-electron chi connectivity index (χ2n) is 5.90. The number of benzene rings is 2. The molecule has 10 heteroatoms. The molecule has 4 aromatic rings. The molecule has 8 nitrogen and oxygen atoms in total. The number of carbonyl (C=O) groups is 2. The molecule has 0 spiro atoms. The molecule has 0 saturated heterocycles. The second kappa shape index (κ2) is 7.53. The minimum Gasteiger partial charge on any atom is -0.497 e. The van der Waals surface area contributed by atoms with E-state index in [1.165, 1.54) is 10.7 Å². The van der Waals surface area contributed by atoms with E-state index in [0.29, 0.717) is 32.4 Å². The van der Waals surface area contributed by atoms with Crippen LogP contribution < -0.4 is 10.1 Å². The predicted molar refractivity (Wildman–Crippen MR) is 110 cm³/mol. The number of carboxylic acid groups (broad SMARTS) is 1. The fraction of sp³-hybridized carbons (Fsp3) is 0.0526. The zero-order valence-electron chi connectivity index (χ0n) is 14.9. The van der Waals surface area contributed by atoms with Crippen LogP contribution in [0.15, 0.2) is 48.5 Å². The summed E-state index contributed by atoms with van der Waals surface area (Å²) < 4.78 is 6.92. The number of amides is 1. The molecular weight excluding hydrogens is 416 g/mol. The summed E-state index contributed by atoms with van der Waals surface area (Å²) in [5.41, 5.74) is 1.17. The number of methoxy groups -OCH3 is 1. The van der Waals surface area contributed by atoms with Crippen LogP contribution in [0.1, 0.15) is 20.8 Å². The van der Waals surface area contributed by atoms with Gasteiger partial charge in [-0.3, -0.25) is 10.1 Å².